The highest BCUT2D eigenvalue weighted by Crippen LogP contribution is 2.10. The van der Waals surface area contributed by atoms with Crippen molar-refractivity contribution in [2.45, 2.75) is 20.4 Å². The van der Waals surface area contributed by atoms with Crippen LogP contribution in [0.3, 0.4) is 0 Å². The van der Waals surface area contributed by atoms with Crippen LogP contribution in [-0.2, 0) is 6.54 Å². The minimum absolute atomic E-state index is 0.00656. The van der Waals surface area contributed by atoms with Crippen molar-refractivity contribution in [3.8, 4) is 0 Å². The average Bonchev–Trinajstić information content (AvgIpc) is 2.30. The van der Waals surface area contributed by atoms with Gasteiger partial charge in [0, 0.05) is 24.1 Å². The third kappa shape index (κ3) is 3.85. The van der Waals surface area contributed by atoms with Gasteiger partial charge in [-0.25, -0.2) is 4.79 Å². The molecule has 0 aliphatic heterocycles. The van der Waals surface area contributed by atoms with Crippen LogP contribution in [0.15, 0.2) is 28.7 Å². The monoisotopic (exact) mass is 284 g/mol. The van der Waals surface area contributed by atoms with E-state index in [9.17, 15) is 4.79 Å². The Hall–Kier alpha value is -1.03. The van der Waals surface area contributed by atoms with E-state index in [2.05, 4.69) is 21.2 Å². The molecule has 0 bridgehead atoms. The number of nitrogens with zero attached hydrogens (tertiary/aromatic N) is 1. The molecule has 3 nitrogen and oxygen atoms in total. The molecule has 0 aromatic heterocycles. The Labute approximate surface area is 105 Å². The van der Waals surface area contributed by atoms with E-state index < -0.39 is 0 Å². The molecule has 88 valence electrons. The molecule has 2 amide bonds. The number of carbonyl (C=O) groups is 1. The van der Waals surface area contributed by atoms with Gasteiger partial charge in [-0.2, -0.15) is 0 Å². The Morgan fingerprint density at radius 3 is 2.31 bits per heavy atom. The summed E-state index contributed by atoms with van der Waals surface area (Å²) < 4.78 is 1.05. The Bertz CT molecular complexity index is 333. The van der Waals surface area contributed by atoms with Gasteiger partial charge in [0.1, 0.15) is 0 Å². The van der Waals surface area contributed by atoms with Crippen LogP contribution in [0.1, 0.15) is 19.4 Å². The summed E-state index contributed by atoms with van der Waals surface area (Å²) in [6.45, 7) is 6.00. The molecule has 0 saturated carbocycles. The molecule has 1 N–H and O–H groups in total. The van der Waals surface area contributed by atoms with Crippen molar-refractivity contribution in [1.82, 2.24) is 10.2 Å². The van der Waals surface area contributed by atoms with E-state index in [0.29, 0.717) is 6.54 Å². The molecule has 0 atom stereocenters. The van der Waals surface area contributed by atoms with Gasteiger partial charge in [-0.1, -0.05) is 28.1 Å². The first-order chi connectivity index (χ1) is 7.67. The smallest absolute Gasteiger partial charge is 0.317 e. The first-order valence-electron chi connectivity index (χ1n) is 5.44. The van der Waals surface area contributed by atoms with Gasteiger partial charge in [-0.15, -0.1) is 0 Å². The van der Waals surface area contributed by atoms with Gasteiger partial charge < -0.3 is 10.2 Å². The fourth-order valence-electron chi connectivity index (χ4n) is 1.40. The van der Waals surface area contributed by atoms with Crippen molar-refractivity contribution in [3.63, 3.8) is 0 Å². The lowest BCUT2D eigenvalue weighted by molar-refractivity contribution is 0.203. The number of nitrogens with one attached hydrogen (secondary N) is 1. The maximum Gasteiger partial charge on any atom is 0.317 e. The predicted octanol–water partition coefficient (Wildman–Crippen LogP) is 3.00. The van der Waals surface area contributed by atoms with Gasteiger partial charge in [0.05, 0.1) is 0 Å². The molecule has 0 radical (unpaired) electrons. The second-order valence-corrected chi connectivity index (χ2v) is 4.37. The first-order valence-corrected chi connectivity index (χ1v) is 6.23. The number of carbonyl (C=O) groups excluding carboxylic acids is 1. The van der Waals surface area contributed by atoms with E-state index in [4.69, 9.17) is 0 Å². The van der Waals surface area contributed by atoms with E-state index in [0.717, 1.165) is 23.1 Å². The topological polar surface area (TPSA) is 32.3 Å². The molecule has 0 heterocycles. The summed E-state index contributed by atoms with van der Waals surface area (Å²) in [5.74, 6) is 0. The quantitative estimate of drug-likeness (QED) is 0.906. The number of hydrogen-bond acceptors (Lipinski definition) is 1. The summed E-state index contributed by atoms with van der Waals surface area (Å²) in [5, 5.41) is 2.89. The van der Waals surface area contributed by atoms with Crippen molar-refractivity contribution < 1.29 is 4.79 Å². The molecular weight excluding hydrogens is 268 g/mol. The normalized spacial score (nSPS) is 9.94. The van der Waals surface area contributed by atoms with Crippen molar-refractivity contribution in [3.05, 3.63) is 34.3 Å². The zero-order chi connectivity index (χ0) is 12.0. The minimum Gasteiger partial charge on any atom is -0.334 e. The molecule has 1 rings (SSSR count). The number of halogens is 1. The van der Waals surface area contributed by atoms with Crippen LogP contribution in [0.4, 0.5) is 4.79 Å². The van der Waals surface area contributed by atoms with Crippen LogP contribution in [0, 0.1) is 0 Å². The molecule has 0 fully saturated rings. The lowest BCUT2D eigenvalue weighted by atomic mass is 10.2. The average molecular weight is 285 g/mol. The molecule has 0 spiro atoms. The lowest BCUT2D eigenvalue weighted by Gasteiger charge is -2.19. The third-order valence-electron chi connectivity index (χ3n) is 2.41. The van der Waals surface area contributed by atoms with Crippen LogP contribution in [0.2, 0.25) is 0 Å². The second-order valence-electron chi connectivity index (χ2n) is 3.46. The van der Waals surface area contributed by atoms with E-state index in [1.54, 1.807) is 4.90 Å². The van der Waals surface area contributed by atoms with Crippen LogP contribution in [0.5, 0.6) is 0 Å². The highest BCUT2D eigenvalue weighted by Gasteiger charge is 2.07. The van der Waals surface area contributed by atoms with Crippen molar-refractivity contribution in [2.75, 3.05) is 13.1 Å². The maximum absolute atomic E-state index is 11.7. The van der Waals surface area contributed by atoms with Crippen LogP contribution >= 0.6 is 15.9 Å². The third-order valence-corrected chi connectivity index (χ3v) is 2.94. The summed E-state index contributed by atoms with van der Waals surface area (Å²) in [6.07, 6.45) is 0. The summed E-state index contributed by atoms with van der Waals surface area (Å²) in [7, 11) is 0. The molecule has 1 aromatic carbocycles. The minimum atomic E-state index is -0.00656. The van der Waals surface area contributed by atoms with Gasteiger partial charge in [-0.05, 0) is 31.5 Å². The van der Waals surface area contributed by atoms with Gasteiger partial charge in [-0.3, -0.25) is 0 Å². The van der Waals surface area contributed by atoms with Gasteiger partial charge in [0.25, 0.3) is 0 Å². The van der Waals surface area contributed by atoms with Crippen LogP contribution in [0.25, 0.3) is 0 Å². The number of hydrogen-bond donors (Lipinski definition) is 1. The predicted molar refractivity (Wildman–Crippen MR) is 69.3 cm³/mol. The van der Waals surface area contributed by atoms with E-state index >= 15 is 0 Å². The SMILES string of the molecule is CCN(CC)C(=O)NCc1ccc(Br)cc1. The number of rotatable bonds is 4. The van der Waals surface area contributed by atoms with Crippen molar-refractivity contribution in [1.29, 1.82) is 0 Å². The number of urea groups is 1. The summed E-state index contributed by atoms with van der Waals surface area (Å²) in [4.78, 5) is 13.4. The van der Waals surface area contributed by atoms with Crippen LogP contribution in [-0.4, -0.2) is 24.0 Å². The lowest BCUT2D eigenvalue weighted by Crippen LogP contribution is -2.39. The van der Waals surface area contributed by atoms with Crippen LogP contribution < -0.4 is 5.32 Å². The summed E-state index contributed by atoms with van der Waals surface area (Å²) >= 11 is 3.38. The standard InChI is InChI=1S/C12H17BrN2O/c1-3-15(4-2)12(16)14-9-10-5-7-11(13)8-6-10/h5-8H,3-4,9H2,1-2H3,(H,14,16). The molecular formula is C12H17BrN2O. The first kappa shape index (κ1) is 13.0. The van der Waals surface area contributed by atoms with Crippen molar-refractivity contribution >= 4 is 22.0 Å². The van der Waals surface area contributed by atoms with Gasteiger partial charge >= 0.3 is 6.03 Å². The van der Waals surface area contributed by atoms with E-state index in [-0.39, 0.29) is 6.03 Å². The zero-order valence-electron chi connectivity index (χ0n) is 9.66. The zero-order valence-corrected chi connectivity index (χ0v) is 11.3. The molecule has 0 saturated heterocycles. The van der Waals surface area contributed by atoms with Gasteiger partial charge in [0.15, 0.2) is 0 Å². The van der Waals surface area contributed by atoms with E-state index in [1.807, 2.05) is 38.1 Å². The Kier molecular flexibility index (Phi) is 5.32. The Balaban J connectivity index is 2.45. The Morgan fingerprint density at radius 2 is 1.81 bits per heavy atom. The fraction of sp³-hybridized carbons (Fsp3) is 0.417. The molecule has 16 heavy (non-hydrogen) atoms. The maximum atomic E-state index is 11.7. The second kappa shape index (κ2) is 6.53. The molecule has 1 aromatic rings. The molecule has 0 aliphatic carbocycles. The molecule has 4 heteroatoms. The largest absolute Gasteiger partial charge is 0.334 e. The van der Waals surface area contributed by atoms with Crippen molar-refractivity contribution in [2.24, 2.45) is 0 Å². The Morgan fingerprint density at radius 1 is 1.25 bits per heavy atom. The number of amides is 2. The highest BCUT2D eigenvalue weighted by atomic mass is 79.9. The molecule has 0 aliphatic rings. The summed E-state index contributed by atoms with van der Waals surface area (Å²) in [6, 6.07) is 7.92. The fourth-order valence-corrected chi connectivity index (χ4v) is 1.67. The molecule has 0 unspecified atom stereocenters. The summed E-state index contributed by atoms with van der Waals surface area (Å²) in [5.41, 5.74) is 1.10. The highest BCUT2D eigenvalue weighted by molar-refractivity contribution is 9.10. The van der Waals surface area contributed by atoms with Gasteiger partial charge in [0.2, 0.25) is 0 Å². The number of benzene rings is 1. The van der Waals surface area contributed by atoms with E-state index in [1.165, 1.54) is 0 Å².